The van der Waals surface area contributed by atoms with E-state index in [4.69, 9.17) is 10.5 Å². The van der Waals surface area contributed by atoms with Gasteiger partial charge in [-0.2, -0.15) is 4.39 Å². The Hall–Kier alpha value is -1.94. The highest BCUT2D eigenvalue weighted by molar-refractivity contribution is 5.36. The fourth-order valence-electron chi connectivity index (χ4n) is 2.24. The van der Waals surface area contributed by atoms with Gasteiger partial charge in [-0.05, 0) is 25.5 Å². The van der Waals surface area contributed by atoms with E-state index < -0.39 is 17.2 Å². The molecule has 0 bridgehead atoms. The van der Waals surface area contributed by atoms with E-state index >= 15 is 0 Å². The van der Waals surface area contributed by atoms with Crippen molar-refractivity contribution < 1.29 is 13.5 Å². The third kappa shape index (κ3) is 3.79. The molecule has 0 fully saturated rings. The van der Waals surface area contributed by atoms with Gasteiger partial charge in [-0.1, -0.05) is 36.4 Å². The van der Waals surface area contributed by atoms with Gasteiger partial charge in [0.1, 0.15) is 5.60 Å². The van der Waals surface area contributed by atoms with Crippen molar-refractivity contribution >= 4 is 0 Å². The summed E-state index contributed by atoms with van der Waals surface area (Å²) in [5.41, 5.74) is 6.41. The van der Waals surface area contributed by atoms with Crippen molar-refractivity contribution in [2.45, 2.75) is 32.4 Å². The predicted octanol–water partition coefficient (Wildman–Crippen LogP) is 3.82. The van der Waals surface area contributed by atoms with E-state index in [1.807, 2.05) is 44.2 Å². The zero-order valence-corrected chi connectivity index (χ0v) is 12.2. The number of ether oxygens (including phenoxy) is 1. The number of halogens is 2. The molecular weight excluding hydrogens is 272 g/mol. The van der Waals surface area contributed by atoms with Crippen LogP contribution in [0.2, 0.25) is 0 Å². The average Bonchev–Trinajstić information content (AvgIpc) is 2.45. The van der Waals surface area contributed by atoms with E-state index in [0.717, 1.165) is 11.6 Å². The Bertz CT molecular complexity index is 612. The second-order valence-corrected chi connectivity index (χ2v) is 5.58. The third-order valence-corrected chi connectivity index (χ3v) is 3.20. The molecule has 0 radical (unpaired) electrons. The summed E-state index contributed by atoms with van der Waals surface area (Å²) in [6, 6.07) is 12.2. The van der Waals surface area contributed by atoms with Crippen LogP contribution >= 0.6 is 0 Å². The molecule has 2 aromatic rings. The zero-order valence-electron chi connectivity index (χ0n) is 12.2. The second kappa shape index (κ2) is 6.22. The van der Waals surface area contributed by atoms with Gasteiger partial charge in [0.2, 0.25) is 5.82 Å². The summed E-state index contributed by atoms with van der Waals surface area (Å²) in [7, 11) is 0. The topological polar surface area (TPSA) is 35.2 Å². The fraction of sp³-hybridized carbons (Fsp3) is 0.294. The van der Waals surface area contributed by atoms with E-state index in [-0.39, 0.29) is 12.3 Å². The van der Waals surface area contributed by atoms with Crippen molar-refractivity contribution in [2.75, 3.05) is 0 Å². The molecule has 0 aromatic heterocycles. The Morgan fingerprint density at radius 2 is 1.71 bits per heavy atom. The summed E-state index contributed by atoms with van der Waals surface area (Å²) in [5, 5.41) is 0. The molecule has 0 heterocycles. The quantitative estimate of drug-likeness (QED) is 0.909. The highest BCUT2D eigenvalue weighted by atomic mass is 19.2. The first-order valence-electron chi connectivity index (χ1n) is 6.83. The molecule has 2 N–H and O–H groups in total. The van der Waals surface area contributed by atoms with Crippen molar-refractivity contribution in [1.82, 2.24) is 0 Å². The first-order valence-corrected chi connectivity index (χ1v) is 6.83. The lowest BCUT2D eigenvalue weighted by atomic mass is 9.98. The van der Waals surface area contributed by atoms with Gasteiger partial charge in [-0.15, -0.1) is 0 Å². The first kappa shape index (κ1) is 15.4. The zero-order chi connectivity index (χ0) is 15.5. The Morgan fingerprint density at radius 1 is 1.05 bits per heavy atom. The minimum absolute atomic E-state index is 0.0912. The summed E-state index contributed by atoms with van der Waals surface area (Å²) in [6.07, 6.45) is 0.577. The maximum atomic E-state index is 14.0. The lowest BCUT2D eigenvalue weighted by molar-refractivity contribution is 0.101. The summed E-state index contributed by atoms with van der Waals surface area (Å²) in [4.78, 5) is 0. The van der Waals surface area contributed by atoms with Crippen LogP contribution in [0.3, 0.4) is 0 Å². The molecule has 0 aliphatic carbocycles. The Morgan fingerprint density at radius 3 is 2.33 bits per heavy atom. The molecule has 0 saturated heterocycles. The van der Waals surface area contributed by atoms with E-state index in [2.05, 4.69) is 0 Å². The number of hydrogen-bond donors (Lipinski definition) is 1. The third-order valence-electron chi connectivity index (χ3n) is 3.20. The first-order chi connectivity index (χ1) is 9.93. The van der Waals surface area contributed by atoms with Crippen LogP contribution in [0.1, 0.15) is 25.0 Å². The minimum Gasteiger partial charge on any atom is -0.484 e. The fourth-order valence-corrected chi connectivity index (χ4v) is 2.24. The van der Waals surface area contributed by atoms with Crippen LogP contribution in [0.25, 0.3) is 0 Å². The van der Waals surface area contributed by atoms with Crippen LogP contribution in [0.5, 0.6) is 5.75 Å². The van der Waals surface area contributed by atoms with Crippen molar-refractivity contribution in [3.63, 3.8) is 0 Å². The standard InChI is InChI=1S/C17H19F2NO/c1-17(2,10-12-6-4-3-5-7-12)21-16-13(11-20)8-9-14(18)15(16)19/h3-9H,10-11,20H2,1-2H3. The molecule has 0 spiro atoms. The molecule has 4 heteroatoms. The lowest BCUT2D eigenvalue weighted by Crippen LogP contribution is -2.32. The highest BCUT2D eigenvalue weighted by Gasteiger charge is 2.25. The Kier molecular flexibility index (Phi) is 4.58. The number of benzene rings is 2. The van der Waals surface area contributed by atoms with Crippen LogP contribution in [0, 0.1) is 11.6 Å². The molecule has 0 saturated carbocycles. The molecule has 21 heavy (non-hydrogen) atoms. The molecule has 2 aromatic carbocycles. The van der Waals surface area contributed by atoms with Gasteiger partial charge in [0.05, 0.1) is 0 Å². The summed E-state index contributed by atoms with van der Waals surface area (Å²) < 4.78 is 33.1. The summed E-state index contributed by atoms with van der Waals surface area (Å²) >= 11 is 0. The monoisotopic (exact) mass is 291 g/mol. The van der Waals surface area contributed by atoms with E-state index in [9.17, 15) is 8.78 Å². The van der Waals surface area contributed by atoms with Crippen molar-refractivity contribution in [3.8, 4) is 5.75 Å². The normalized spacial score (nSPS) is 11.5. The molecular formula is C17H19F2NO. The smallest absolute Gasteiger partial charge is 0.200 e. The Balaban J connectivity index is 2.26. The maximum absolute atomic E-state index is 14.0. The van der Waals surface area contributed by atoms with Crippen molar-refractivity contribution in [1.29, 1.82) is 0 Å². The van der Waals surface area contributed by atoms with Crippen LogP contribution in [0.15, 0.2) is 42.5 Å². The van der Waals surface area contributed by atoms with Gasteiger partial charge in [-0.25, -0.2) is 4.39 Å². The van der Waals surface area contributed by atoms with Gasteiger partial charge in [0.15, 0.2) is 11.6 Å². The molecule has 0 unspecified atom stereocenters. The molecule has 2 nitrogen and oxygen atoms in total. The van der Waals surface area contributed by atoms with E-state index in [0.29, 0.717) is 12.0 Å². The van der Waals surface area contributed by atoms with Gasteiger partial charge < -0.3 is 10.5 Å². The van der Waals surface area contributed by atoms with Gasteiger partial charge in [0.25, 0.3) is 0 Å². The number of rotatable bonds is 5. The predicted molar refractivity (Wildman–Crippen MR) is 79.1 cm³/mol. The molecule has 0 amide bonds. The Labute approximate surface area is 123 Å². The van der Waals surface area contributed by atoms with Crippen LogP contribution in [0.4, 0.5) is 8.78 Å². The van der Waals surface area contributed by atoms with E-state index in [1.165, 1.54) is 6.07 Å². The molecule has 0 aliphatic rings. The summed E-state index contributed by atoms with van der Waals surface area (Å²) in [6.45, 7) is 3.77. The molecule has 112 valence electrons. The van der Waals surface area contributed by atoms with Crippen LogP contribution in [-0.4, -0.2) is 5.60 Å². The van der Waals surface area contributed by atoms with Crippen LogP contribution < -0.4 is 10.5 Å². The average molecular weight is 291 g/mol. The highest BCUT2D eigenvalue weighted by Crippen LogP contribution is 2.30. The summed E-state index contributed by atoms with van der Waals surface area (Å²) in [5.74, 6) is -2.02. The van der Waals surface area contributed by atoms with Crippen molar-refractivity contribution in [3.05, 3.63) is 65.2 Å². The molecule has 0 atom stereocenters. The van der Waals surface area contributed by atoms with Crippen molar-refractivity contribution in [2.24, 2.45) is 5.73 Å². The van der Waals surface area contributed by atoms with Crippen LogP contribution in [-0.2, 0) is 13.0 Å². The largest absolute Gasteiger partial charge is 0.484 e. The van der Waals surface area contributed by atoms with Gasteiger partial charge in [0, 0.05) is 18.5 Å². The SMILES string of the molecule is CC(C)(Cc1ccccc1)Oc1c(CN)ccc(F)c1F. The second-order valence-electron chi connectivity index (χ2n) is 5.58. The van der Waals surface area contributed by atoms with E-state index in [1.54, 1.807) is 0 Å². The lowest BCUT2D eigenvalue weighted by Gasteiger charge is -2.28. The molecule has 0 aliphatic heterocycles. The maximum Gasteiger partial charge on any atom is 0.200 e. The minimum atomic E-state index is -0.987. The number of hydrogen-bond acceptors (Lipinski definition) is 2. The number of nitrogens with two attached hydrogens (primary N) is 1. The van der Waals surface area contributed by atoms with Gasteiger partial charge >= 0.3 is 0 Å². The van der Waals surface area contributed by atoms with Gasteiger partial charge in [-0.3, -0.25) is 0 Å². The molecule has 2 rings (SSSR count).